The van der Waals surface area contributed by atoms with Crippen molar-refractivity contribution in [3.05, 3.63) is 40.6 Å². The lowest BCUT2D eigenvalue weighted by molar-refractivity contribution is -0.120. The van der Waals surface area contributed by atoms with Crippen molar-refractivity contribution in [1.82, 2.24) is 5.32 Å². The van der Waals surface area contributed by atoms with E-state index in [0.717, 1.165) is 21.1 Å². The van der Waals surface area contributed by atoms with Crippen LogP contribution in [-0.2, 0) is 20.7 Å². The van der Waals surface area contributed by atoms with Gasteiger partial charge < -0.3 is 15.0 Å². The van der Waals surface area contributed by atoms with Crippen molar-refractivity contribution in [2.24, 2.45) is 0 Å². The molecule has 7 nitrogen and oxygen atoms in total. The molecular weight excluding hydrogens is 410 g/mol. The Morgan fingerprint density at radius 3 is 2.90 bits per heavy atom. The smallest absolute Gasteiger partial charge is 0.414 e. The van der Waals surface area contributed by atoms with E-state index >= 15 is 0 Å². The number of ether oxygens (including phenoxy) is 1. The summed E-state index contributed by atoms with van der Waals surface area (Å²) >= 11 is 3.03. The third kappa shape index (κ3) is 4.11. The summed E-state index contributed by atoms with van der Waals surface area (Å²) in [6, 6.07) is 9.41. The maximum Gasteiger partial charge on any atom is 0.414 e. The summed E-state index contributed by atoms with van der Waals surface area (Å²) in [5, 5.41) is 4.61. The fourth-order valence-corrected chi connectivity index (χ4v) is 5.23. The second-order valence-corrected chi connectivity index (χ2v) is 9.40. The van der Waals surface area contributed by atoms with Crippen molar-refractivity contribution in [1.29, 1.82) is 0 Å². The number of nitrogens with one attached hydrogen (secondary N) is 1. The fraction of sp³-hybridized carbons (Fsp3) is 0.350. The zero-order valence-electron chi connectivity index (χ0n) is 16.1. The van der Waals surface area contributed by atoms with Crippen LogP contribution in [0.25, 0.3) is 0 Å². The zero-order valence-corrected chi connectivity index (χ0v) is 17.7. The second kappa shape index (κ2) is 8.08. The number of fused-ring (bicyclic) bond motifs is 1. The number of carbonyl (C=O) groups is 3. The Morgan fingerprint density at radius 1 is 1.31 bits per heavy atom. The molecule has 0 spiro atoms. The van der Waals surface area contributed by atoms with Crippen LogP contribution in [0.15, 0.2) is 40.6 Å². The van der Waals surface area contributed by atoms with Crippen LogP contribution in [0, 0.1) is 0 Å². The Morgan fingerprint density at radius 2 is 2.14 bits per heavy atom. The Hall–Kier alpha value is -2.52. The molecule has 9 heteroatoms. The summed E-state index contributed by atoms with van der Waals surface area (Å²) in [7, 11) is 1.76. The Kier molecular flexibility index (Phi) is 5.51. The Bertz CT molecular complexity index is 947. The SMILES string of the molecule is CC1Sc2cc(N3CC(CNC(=O)Cc4cccs4)OC3=O)ccc2N(C)C1=O. The number of amides is 3. The number of anilines is 2. The molecule has 4 rings (SSSR count). The number of hydrogen-bond acceptors (Lipinski definition) is 6. The minimum absolute atomic E-state index is 0.0641. The third-order valence-electron chi connectivity index (χ3n) is 4.91. The lowest BCUT2D eigenvalue weighted by atomic mass is 10.2. The van der Waals surface area contributed by atoms with Gasteiger partial charge in [0.25, 0.3) is 0 Å². The molecule has 152 valence electrons. The summed E-state index contributed by atoms with van der Waals surface area (Å²) in [6.07, 6.45) is -0.503. The van der Waals surface area contributed by atoms with Gasteiger partial charge in [0.05, 0.1) is 30.4 Å². The summed E-state index contributed by atoms with van der Waals surface area (Å²) < 4.78 is 5.42. The van der Waals surface area contributed by atoms with Gasteiger partial charge in [-0.3, -0.25) is 14.5 Å². The molecule has 1 fully saturated rings. The van der Waals surface area contributed by atoms with E-state index in [0.29, 0.717) is 13.0 Å². The second-order valence-electron chi connectivity index (χ2n) is 6.99. The molecule has 0 radical (unpaired) electrons. The Labute approximate surface area is 177 Å². The highest BCUT2D eigenvalue weighted by molar-refractivity contribution is 8.01. The van der Waals surface area contributed by atoms with Gasteiger partial charge in [0.1, 0.15) is 6.10 Å². The molecule has 0 bridgehead atoms. The van der Waals surface area contributed by atoms with Crippen LogP contribution in [0.2, 0.25) is 0 Å². The molecule has 2 aliphatic heterocycles. The van der Waals surface area contributed by atoms with Crippen LogP contribution in [0.1, 0.15) is 11.8 Å². The van der Waals surface area contributed by atoms with Gasteiger partial charge >= 0.3 is 6.09 Å². The van der Waals surface area contributed by atoms with Crippen LogP contribution in [0.4, 0.5) is 16.2 Å². The normalized spacial score (nSPS) is 21.2. The van der Waals surface area contributed by atoms with E-state index in [2.05, 4.69) is 5.32 Å². The number of carbonyl (C=O) groups excluding carboxylic acids is 3. The van der Waals surface area contributed by atoms with E-state index in [-0.39, 0.29) is 23.6 Å². The standard InChI is InChI=1S/C20H21N3O4S2/c1-12-19(25)22(2)16-6-5-13(8-17(16)29-12)23-11-14(27-20(23)26)10-21-18(24)9-15-4-3-7-28-15/h3-8,12,14H,9-11H2,1-2H3,(H,21,24). The molecule has 1 N–H and O–H groups in total. The van der Waals surface area contributed by atoms with Gasteiger partial charge in [-0.25, -0.2) is 4.79 Å². The first-order valence-corrected chi connectivity index (χ1v) is 11.0. The van der Waals surface area contributed by atoms with Gasteiger partial charge in [0.2, 0.25) is 11.8 Å². The summed E-state index contributed by atoms with van der Waals surface area (Å²) in [5.41, 5.74) is 1.57. The number of cyclic esters (lactones) is 1. The molecule has 2 aromatic rings. The number of rotatable bonds is 5. The van der Waals surface area contributed by atoms with E-state index in [1.165, 1.54) is 23.1 Å². The molecule has 0 saturated carbocycles. The number of thiophene rings is 1. The number of benzene rings is 1. The maximum atomic E-state index is 12.4. The van der Waals surface area contributed by atoms with Crippen molar-refractivity contribution >= 4 is 52.4 Å². The molecule has 3 heterocycles. The van der Waals surface area contributed by atoms with Gasteiger partial charge in [0, 0.05) is 22.5 Å². The first kappa shape index (κ1) is 19.8. The van der Waals surface area contributed by atoms with E-state index in [1.54, 1.807) is 16.8 Å². The zero-order chi connectivity index (χ0) is 20.5. The van der Waals surface area contributed by atoms with Crippen molar-refractivity contribution in [3.8, 4) is 0 Å². The molecule has 2 unspecified atom stereocenters. The maximum absolute atomic E-state index is 12.4. The van der Waals surface area contributed by atoms with Crippen molar-refractivity contribution < 1.29 is 19.1 Å². The minimum atomic E-state index is -0.430. The molecule has 2 aliphatic rings. The van der Waals surface area contributed by atoms with Crippen LogP contribution in [0.5, 0.6) is 0 Å². The monoisotopic (exact) mass is 431 g/mol. The molecule has 0 aliphatic carbocycles. The fourth-order valence-electron chi connectivity index (χ4n) is 3.37. The largest absolute Gasteiger partial charge is 0.442 e. The molecular formula is C20H21N3O4S2. The first-order valence-electron chi connectivity index (χ1n) is 9.28. The molecule has 3 amide bonds. The van der Waals surface area contributed by atoms with E-state index in [1.807, 2.05) is 42.6 Å². The number of hydrogen-bond donors (Lipinski definition) is 1. The molecule has 1 saturated heterocycles. The predicted octanol–water partition coefficient (Wildman–Crippen LogP) is 2.89. The van der Waals surface area contributed by atoms with Crippen LogP contribution < -0.4 is 15.1 Å². The highest BCUT2D eigenvalue weighted by Gasteiger charge is 2.34. The molecule has 2 atom stereocenters. The summed E-state index contributed by atoms with van der Waals surface area (Å²) in [5.74, 6) is -0.0250. The lowest BCUT2D eigenvalue weighted by Crippen LogP contribution is -2.36. The number of nitrogens with zero attached hydrogens (tertiary/aromatic N) is 2. The van der Waals surface area contributed by atoms with E-state index in [9.17, 15) is 14.4 Å². The average Bonchev–Trinajstić information content (AvgIpc) is 3.33. The van der Waals surface area contributed by atoms with Gasteiger partial charge in [0.15, 0.2) is 0 Å². The van der Waals surface area contributed by atoms with Crippen LogP contribution in [0.3, 0.4) is 0 Å². The quantitative estimate of drug-likeness (QED) is 0.788. The van der Waals surface area contributed by atoms with Gasteiger partial charge in [-0.15, -0.1) is 23.1 Å². The molecule has 1 aromatic carbocycles. The highest BCUT2D eigenvalue weighted by Crippen LogP contribution is 2.41. The topological polar surface area (TPSA) is 79.0 Å². The van der Waals surface area contributed by atoms with Crippen molar-refractivity contribution in [3.63, 3.8) is 0 Å². The molecule has 1 aromatic heterocycles. The van der Waals surface area contributed by atoms with Crippen LogP contribution in [-0.4, -0.2) is 49.4 Å². The first-order chi connectivity index (χ1) is 13.9. The van der Waals surface area contributed by atoms with E-state index in [4.69, 9.17) is 4.74 Å². The summed E-state index contributed by atoms with van der Waals surface area (Å²) in [6.45, 7) is 2.52. The highest BCUT2D eigenvalue weighted by atomic mass is 32.2. The molecule has 29 heavy (non-hydrogen) atoms. The minimum Gasteiger partial charge on any atom is -0.442 e. The van der Waals surface area contributed by atoms with Crippen molar-refractivity contribution in [2.75, 3.05) is 29.9 Å². The third-order valence-corrected chi connectivity index (χ3v) is 6.93. The van der Waals surface area contributed by atoms with Gasteiger partial charge in [-0.05, 0) is 36.6 Å². The van der Waals surface area contributed by atoms with Crippen molar-refractivity contribution in [2.45, 2.75) is 29.6 Å². The van der Waals surface area contributed by atoms with Gasteiger partial charge in [-0.2, -0.15) is 0 Å². The van der Waals surface area contributed by atoms with E-state index < -0.39 is 12.2 Å². The van der Waals surface area contributed by atoms with Gasteiger partial charge in [-0.1, -0.05) is 6.07 Å². The van der Waals surface area contributed by atoms with Crippen LogP contribution >= 0.6 is 23.1 Å². The predicted molar refractivity (Wildman–Crippen MR) is 114 cm³/mol. The Balaban J connectivity index is 1.39. The lowest BCUT2D eigenvalue weighted by Gasteiger charge is -2.30. The summed E-state index contributed by atoms with van der Waals surface area (Å²) in [4.78, 5) is 41.7. The number of thioether (sulfide) groups is 1. The average molecular weight is 432 g/mol.